The number of ether oxygens (including phenoxy) is 1. The first-order chi connectivity index (χ1) is 8.19. The molecule has 1 rings (SSSR count). The van der Waals surface area contributed by atoms with Crippen molar-refractivity contribution in [3.05, 3.63) is 33.8 Å². The second-order valence-electron chi connectivity index (χ2n) is 3.05. The Labute approximate surface area is 98.4 Å². The van der Waals surface area contributed by atoms with Crippen molar-refractivity contribution in [2.45, 2.75) is 6.92 Å². The van der Waals surface area contributed by atoms with Crippen LogP contribution < -0.4 is 5.32 Å². The fourth-order valence-electron chi connectivity index (χ4n) is 1.16. The Kier molecular flexibility index (Phi) is 4.84. The fraction of sp³-hybridized carbons (Fsp3) is 0.400. The van der Waals surface area contributed by atoms with Crippen LogP contribution in [0.1, 0.15) is 6.92 Å². The quantitative estimate of drug-likeness (QED) is 0.353. The van der Waals surface area contributed by atoms with Crippen LogP contribution in [-0.4, -0.2) is 29.7 Å². The Bertz CT molecular complexity index is 442. The van der Waals surface area contributed by atoms with Crippen molar-refractivity contribution in [3.8, 4) is 0 Å². The molecule has 90 valence electrons. The van der Waals surface area contributed by atoms with Crippen molar-refractivity contribution in [3.63, 3.8) is 0 Å². The highest BCUT2D eigenvalue weighted by Crippen LogP contribution is 2.26. The van der Waals surface area contributed by atoms with E-state index in [4.69, 9.17) is 11.3 Å². The van der Waals surface area contributed by atoms with Crippen LogP contribution in [0.4, 0.5) is 17.2 Å². The summed E-state index contributed by atoms with van der Waals surface area (Å²) in [7, 11) is 0. The second kappa shape index (κ2) is 6.40. The van der Waals surface area contributed by atoms with E-state index in [1.165, 1.54) is 12.3 Å². The summed E-state index contributed by atoms with van der Waals surface area (Å²) in [6.07, 6.45) is 1.29. The maximum Gasteiger partial charge on any atom is 0.301 e. The van der Waals surface area contributed by atoms with E-state index in [1.807, 2.05) is 6.92 Å². The van der Waals surface area contributed by atoms with Crippen LogP contribution in [0.5, 0.6) is 0 Å². The number of anilines is 1. The smallest absolute Gasteiger partial charge is 0.301 e. The minimum atomic E-state index is -0.565. The molecule has 0 aliphatic carbocycles. The number of nitro groups is 1. The van der Waals surface area contributed by atoms with Gasteiger partial charge >= 0.3 is 5.69 Å². The number of hydrogen-bond donors (Lipinski definition) is 1. The van der Waals surface area contributed by atoms with Gasteiger partial charge in [0, 0.05) is 25.4 Å². The highest BCUT2D eigenvalue weighted by Gasteiger charge is 2.15. The summed E-state index contributed by atoms with van der Waals surface area (Å²) < 4.78 is 5.09. The standard InChI is InChI=1S/C10H12N4O3/c1-3-17-5-4-12-10-9(14(15)16)6-8(11-2)7-13-10/h6-7H,3-5H2,1H3,(H,12,13). The number of nitrogens with one attached hydrogen (secondary N) is 1. The molecule has 0 aromatic carbocycles. The first-order valence-corrected chi connectivity index (χ1v) is 5.02. The molecule has 1 N–H and O–H groups in total. The minimum absolute atomic E-state index is 0.145. The van der Waals surface area contributed by atoms with Crippen LogP contribution in [0, 0.1) is 16.7 Å². The number of rotatable bonds is 6. The number of aromatic nitrogens is 1. The zero-order valence-corrected chi connectivity index (χ0v) is 9.34. The highest BCUT2D eigenvalue weighted by atomic mass is 16.6. The molecule has 1 heterocycles. The predicted molar refractivity (Wildman–Crippen MR) is 62.1 cm³/mol. The molecular formula is C10H12N4O3. The van der Waals surface area contributed by atoms with Gasteiger partial charge in [-0.1, -0.05) is 0 Å². The van der Waals surface area contributed by atoms with Crippen molar-refractivity contribution in [2.24, 2.45) is 0 Å². The van der Waals surface area contributed by atoms with Crippen molar-refractivity contribution in [1.29, 1.82) is 0 Å². The van der Waals surface area contributed by atoms with E-state index in [2.05, 4.69) is 15.1 Å². The van der Waals surface area contributed by atoms with Crippen LogP contribution in [-0.2, 0) is 4.74 Å². The zero-order chi connectivity index (χ0) is 12.7. The number of nitrogens with zero attached hydrogens (tertiary/aromatic N) is 3. The lowest BCUT2D eigenvalue weighted by Crippen LogP contribution is -2.11. The lowest BCUT2D eigenvalue weighted by atomic mass is 10.3. The van der Waals surface area contributed by atoms with Crippen molar-refractivity contribution < 1.29 is 9.66 Å². The topological polar surface area (TPSA) is 81.7 Å². The number of hydrogen-bond acceptors (Lipinski definition) is 5. The largest absolute Gasteiger partial charge is 0.380 e. The van der Waals surface area contributed by atoms with Crippen LogP contribution in [0.15, 0.2) is 12.3 Å². The molecule has 17 heavy (non-hydrogen) atoms. The van der Waals surface area contributed by atoms with Gasteiger partial charge in [-0.05, 0) is 6.92 Å². The maximum absolute atomic E-state index is 10.8. The van der Waals surface area contributed by atoms with Gasteiger partial charge in [-0.15, -0.1) is 0 Å². The van der Waals surface area contributed by atoms with Crippen molar-refractivity contribution in [1.82, 2.24) is 4.98 Å². The Morgan fingerprint density at radius 1 is 1.71 bits per heavy atom. The van der Waals surface area contributed by atoms with Gasteiger partial charge in [0.1, 0.15) is 0 Å². The Morgan fingerprint density at radius 2 is 2.47 bits per heavy atom. The van der Waals surface area contributed by atoms with Crippen LogP contribution in [0.25, 0.3) is 4.85 Å². The van der Waals surface area contributed by atoms with Crippen LogP contribution in [0.3, 0.4) is 0 Å². The normalized spacial score (nSPS) is 9.65. The van der Waals surface area contributed by atoms with E-state index >= 15 is 0 Å². The molecule has 0 aliphatic heterocycles. The zero-order valence-electron chi connectivity index (χ0n) is 9.34. The molecule has 0 unspecified atom stereocenters. The maximum atomic E-state index is 10.8. The van der Waals surface area contributed by atoms with E-state index in [1.54, 1.807) is 0 Å². The Balaban J connectivity index is 2.77. The third-order valence-electron chi connectivity index (χ3n) is 1.92. The lowest BCUT2D eigenvalue weighted by molar-refractivity contribution is -0.384. The predicted octanol–water partition coefficient (Wildman–Crippen LogP) is 1.99. The fourth-order valence-corrected chi connectivity index (χ4v) is 1.16. The molecule has 0 bridgehead atoms. The molecule has 0 atom stereocenters. The molecule has 7 nitrogen and oxygen atoms in total. The first-order valence-electron chi connectivity index (χ1n) is 5.02. The van der Waals surface area contributed by atoms with E-state index < -0.39 is 4.92 Å². The summed E-state index contributed by atoms with van der Waals surface area (Å²) in [6.45, 7) is 10.1. The summed E-state index contributed by atoms with van der Waals surface area (Å²) in [4.78, 5) is 17.1. The average molecular weight is 236 g/mol. The monoisotopic (exact) mass is 236 g/mol. The Morgan fingerprint density at radius 3 is 3.06 bits per heavy atom. The minimum Gasteiger partial charge on any atom is -0.380 e. The van der Waals surface area contributed by atoms with Crippen molar-refractivity contribution >= 4 is 17.2 Å². The van der Waals surface area contributed by atoms with Gasteiger partial charge < -0.3 is 10.1 Å². The van der Waals surface area contributed by atoms with Crippen LogP contribution >= 0.6 is 0 Å². The molecule has 0 fully saturated rings. The average Bonchev–Trinajstić information content (AvgIpc) is 2.34. The molecule has 1 aromatic rings. The molecule has 0 saturated carbocycles. The third kappa shape index (κ3) is 3.70. The van der Waals surface area contributed by atoms with Gasteiger partial charge in [-0.2, -0.15) is 0 Å². The van der Waals surface area contributed by atoms with E-state index in [0.717, 1.165) is 0 Å². The number of pyridine rings is 1. The van der Waals surface area contributed by atoms with Gasteiger partial charge in [0.25, 0.3) is 0 Å². The van der Waals surface area contributed by atoms with Gasteiger partial charge in [0.2, 0.25) is 11.5 Å². The molecule has 1 aromatic heterocycles. The van der Waals surface area contributed by atoms with Gasteiger partial charge in [0.15, 0.2) is 0 Å². The van der Waals surface area contributed by atoms with Gasteiger partial charge in [-0.25, -0.2) is 9.83 Å². The summed E-state index contributed by atoms with van der Waals surface area (Å²) in [5.74, 6) is 0.155. The molecule has 0 spiro atoms. The summed E-state index contributed by atoms with van der Waals surface area (Å²) in [5, 5.41) is 13.6. The van der Waals surface area contributed by atoms with Crippen molar-refractivity contribution in [2.75, 3.05) is 25.1 Å². The molecule has 0 saturated heterocycles. The van der Waals surface area contributed by atoms with E-state index in [9.17, 15) is 10.1 Å². The molecule has 0 radical (unpaired) electrons. The first kappa shape index (κ1) is 12.9. The van der Waals surface area contributed by atoms with Gasteiger partial charge in [0.05, 0.1) is 18.1 Å². The SMILES string of the molecule is [C-]#[N+]c1cnc(NCCOCC)c([N+](=O)[O-])c1. The highest BCUT2D eigenvalue weighted by molar-refractivity contribution is 5.62. The van der Waals surface area contributed by atoms with Crippen LogP contribution in [0.2, 0.25) is 0 Å². The summed E-state index contributed by atoms with van der Waals surface area (Å²) >= 11 is 0. The van der Waals surface area contributed by atoms with E-state index in [0.29, 0.717) is 19.8 Å². The third-order valence-corrected chi connectivity index (χ3v) is 1.92. The van der Waals surface area contributed by atoms with Gasteiger partial charge in [-0.3, -0.25) is 10.1 Å². The molecule has 0 aliphatic rings. The second-order valence-corrected chi connectivity index (χ2v) is 3.05. The van der Waals surface area contributed by atoms with E-state index in [-0.39, 0.29) is 17.2 Å². The summed E-state index contributed by atoms with van der Waals surface area (Å²) in [6, 6.07) is 1.20. The summed E-state index contributed by atoms with van der Waals surface area (Å²) in [5.41, 5.74) is -0.0537. The molecular weight excluding hydrogens is 224 g/mol. The molecule has 7 heteroatoms. The Hall–Kier alpha value is -2.20. The lowest BCUT2D eigenvalue weighted by Gasteiger charge is -2.06. The molecule has 0 amide bonds.